The number of hydrogen-bond donors (Lipinski definition) is 3. The normalized spacial score (nSPS) is 11.9. The molecular weight excluding hydrogens is 236 g/mol. The van der Waals surface area contributed by atoms with E-state index >= 15 is 0 Å². The monoisotopic (exact) mass is 252 g/mol. The second-order valence-corrected chi connectivity index (χ2v) is 4.19. The van der Waals surface area contributed by atoms with Crippen LogP contribution in [0.3, 0.4) is 0 Å². The van der Waals surface area contributed by atoms with Crippen LogP contribution in [0.25, 0.3) is 0 Å². The van der Waals surface area contributed by atoms with E-state index in [1.165, 1.54) is 12.4 Å². The van der Waals surface area contributed by atoms with Gasteiger partial charge < -0.3 is 10.4 Å². The zero-order valence-electron chi connectivity index (χ0n) is 10.3. The van der Waals surface area contributed by atoms with Crippen molar-refractivity contribution in [3.63, 3.8) is 0 Å². The van der Waals surface area contributed by atoms with Crippen LogP contribution in [0.5, 0.6) is 0 Å². The predicted molar refractivity (Wildman–Crippen MR) is 65.1 cm³/mol. The summed E-state index contributed by atoms with van der Waals surface area (Å²) in [7, 11) is 0. The lowest BCUT2D eigenvalue weighted by molar-refractivity contribution is -0.139. The van der Waals surface area contributed by atoms with Crippen molar-refractivity contribution in [3.05, 3.63) is 18.5 Å². The highest BCUT2D eigenvalue weighted by atomic mass is 16.4. The van der Waals surface area contributed by atoms with E-state index in [4.69, 9.17) is 5.11 Å². The average Bonchev–Trinajstić information content (AvgIpc) is 2.28. The van der Waals surface area contributed by atoms with Gasteiger partial charge in [-0.15, -0.1) is 0 Å². The van der Waals surface area contributed by atoms with E-state index in [0.29, 0.717) is 6.42 Å². The molecule has 0 bridgehead atoms. The summed E-state index contributed by atoms with van der Waals surface area (Å²) >= 11 is 0. The van der Waals surface area contributed by atoms with Crippen molar-refractivity contribution >= 4 is 17.9 Å². The first-order chi connectivity index (χ1) is 8.49. The molecular formula is C11H16N4O3. The van der Waals surface area contributed by atoms with Crippen molar-refractivity contribution < 1.29 is 14.7 Å². The summed E-state index contributed by atoms with van der Waals surface area (Å²) in [5.74, 6) is -0.768. The van der Waals surface area contributed by atoms with Crippen molar-refractivity contribution in [2.24, 2.45) is 5.92 Å². The zero-order chi connectivity index (χ0) is 13.5. The van der Waals surface area contributed by atoms with Crippen molar-refractivity contribution in [1.29, 1.82) is 0 Å². The highest BCUT2D eigenvalue weighted by Crippen LogP contribution is 2.05. The first-order valence-electron chi connectivity index (χ1n) is 5.56. The molecule has 0 radical (unpaired) electrons. The minimum Gasteiger partial charge on any atom is -0.480 e. The van der Waals surface area contributed by atoms with Crippen molar-refractivity contribution in [2.75, 3.05) is 5.32 Å². The van der Waals surface area contributed by atoms with Crippen LogP contribution in [-0.4, -0.2) is 33.1 Å². The SMILES string of the molecule is CC(C)C[C@@H](NC(=O)Nc1ncccn1)C(=O)O. The summed E-state index contributed by atoms with van der Waals surface area (Å²) in [6.07, 6.45) is 3.31. The Balaban J connectivity index is 2.54. The van der Waals surface area contributed by atoms with Gasteiger partial charge in [0.05, 0.1) is 0 Å². The average molecular weight is 252 g/mol. The van der Waals surface area contributed by atoms with Gasteiger partial charge in [-0.25, -0.2) is 19.6 Å². The summed E-state index contributed by atoms with van der Waals surface area (Å²) in [5, 5.41) is 13.7. The summed E-state index contributed by atoms with van der Waals surface area (Å²) in [4.78, 5) is 30.1. The van der Waals surface area contributed by atoms with Crippen LogP contribution < -0.4 is 10.6 Å². The molecule has 0 unspecified atom stereocenters. The van der Waals surface area contributed by atoms with Crippen LogP contribution in [0.1, 0.15) is 20.3 Å². The second kappa shape index (κ2) is 6.53. The third kappa shape index (κ3) is 4.77. The maximum Gasteiger partial charge on any atom is 0.326 e. The Morgan fingerprint density at radius 3 is 2.44 bits per heavy atom. The molecule has 0 fully saturated rings. The number of carboxylic acid groups (broad SMARTS) is 1. The number of urea groups is 1. The van der Waals surface area contributed by atoms with Crippen LogP contribution in [0.15, 0.2) is 18.5 Å². The Morgan fingerprint density at radius 1 is 1.33 bits per heavy atom. The van der Waals surface area contributed by atoms with Crippen LogP contribution in [0.2, 0.25) is 0 Å². The second-order valence-electron chi connectivity index (χ2n) is 4.19. The summed E-state index contributed by atoms with van der Waals surface area (Å²) in [5.41, 5.74) is 0. The minimum absolute atomic E-state index is 0.128. The number of carbonyl (C=O) groups excluding carboxylic acids is 1. The van der Waals surface area contributed by atoms with Gasteiger partial charge in [0, 0.05) is 12.4 Å². The molecule has 1 aromatic heterocycles. The van der Waals surface area contributed by atoms with Gasteiger partial charge in [-0.3, -0.25) is 5.32 Å². The number of amides is 2. The Kier molecular flexibility index (Phi) is 5.04. The number of carbonyl (C=O) groups is 2. The molecule has 0 aliphatic rings. The molecule has 7 nitrogen and oxygen atoms in total. The number of aromatic nitrogens is 2. The predicted octanol–water partition coefficient (Wildman–Crippen LogP) is 1.10. The number of nitrogens with one attached hydrogen (secondary N) is 2. The largest absolute Gasteiger partial charge is 0.480 e. The molecule has 18 heavy (non-hydrogen) atoms. The van der Waals surface area contributed by atoms with E-state index in [0.717, 1.165) is 0 Å². The summed E-state index contributed by atoms with van der Waals surface area (Å²) in [6.45, 7) is 3.77. The molecule has 3 N–H and O–H groups in total. The number of nitrogens with zero attached hydrogens (tertiary/aromatic N) is 2. The third-order valence-electron chi connectivity index (χ3n) is 2.10. The number of carboxylic acids is 1. The molecule has 1 rings (SSSR count). The van der Waals surface area contributed by atoms with Crippen molar-refractivity contribution in [1.82, 2.24) is 15.3 Å². The smallest absolute Gasteiger partial charge is 0.326 e. The lowest BCUT2D eigenvalue weighted by atomic mass is 10.0. The maximum atomic E-state index is 11.5. The minimum atomic E-state index is -1.06. The van der Waals surface area contributed by atoms with Gasteiger partial charge in [0.25, 0.3) is 0 Å². The Morgan fingerprint density at radius 2 is 1.94 bits per heavy atom. The van der Waals surface area contributed by atoms with Crippen LogP contribution in [-0.2, 0) is 4.79 Å². The number of hydrogen-bond acceptors (Lipinski definition) is 4. The van der Waals surface area contributed by atoms with E-state index in [9.17, 15) is 9.59 Å². The maximum absolute atomic E-state index is 11.5. The topological polar surface area (TPSA) is 104 Å². The fourth-order valence-electron chi connectivity index (χ4n) is 1.35. The Hall–Kier alpha value is -2.18. The van der Waals surface area contributed by atoms with Gasteiger partial charge in [-0.05, 0) is 18.4 Å². The van der Waals surface area contributed by atoms with Crippen molar-refractivity contribution in [2.45, 2.75) is 26.3 Å². The number of aliphatic carboxylic acids is 1. The van der Waals surface area contributed by atoms with E-state index in [1.54, 1.807) is 6.07 Å². The van der Waals surface area contributed by atoms with Crippen molar-refractivity contribution in [3.8, 4) is 0 Å². The lowest BCUT2D eigenvalue weighted by Crippen LogP contribution is -2.43. The quantitative estimate of drug-likeness (QED) is 0.727. The van der Waals surface area contributed by atoms with E-state index < -0.39 is 18.0 Å². The van der Waals surface area contributed by atoms with E-state index in [2.05, 4.69) is 20.6 Å². The third-order valence-corrected chi connectivity index (χ3v) is 2.10. The van der Waals surface area contributed by atoms with Gasteiger partial charge in [0.15, 0.2) is 0 Å². The molecule has 0 saturated heterocycles. The van der Waals surface area contributed by atoms with Crippen LogP contribution >= 0.6 is 0 Å². The Bertz CT molecular complexity index is 408. The fourth-order valence-corrected chi connectivity index (χ4v) is 1.35. The van der Waals surface area contributed by atoms with E-state index in [1.807, 2.05) is 13.8 Å². The molecule has 0 aliphatic heterocycles. The highest BCUT2D eigenvalue weighted by Gasteiger charge is 2.21. The van der Waals surface area contributed by atoms with Gasteiger partial charge in [-0.2, -0.15) is 0 Å². The van der Waals surface area contributed by atoms with Gasteiger partial charge in [0.1, 0.15) is 6.04 Å². The number of rotatable bonds is 5. The Labute approximate surface area is 105 Å². The molecule has 1 aromatic rings. The number of anilines is 1. The molecule has 1 atom stereocenters. The molecule has 7 heteroatoms. The molecule has 0 spiro atoms. The van der Waals surface area contributed by atoms with Gasteiger partial charge in [0.2, 0.25) is 5.95 Å². The summed E-state index contributed by atoms with van der Waals surface area (Å²) < 4.78 is 0. The van der Waals surface area contributed by atoms with E-state index in [-0.39, 0.29) is 11.9 Å². The molecule has 98 valence electrons. The van der Waals surface area contributed by atoms with Crippen LogP contribution in [0, 0.1) is 5.92 Å². The zero-order valence-corrected chi connectivity index (χ0v) is 10.3. The molecule has 0 aromatic carbocycles. The standard InChI is InChI=1S/C11H16N4O3/c1-7(2)6-8(9(16)17)14-11(18)15-10-12-4-3-5-13-10/h3-5,7-8H,6H2,1-2H3,(H,16,17)(H2,12,13,14,15,18)/t8-/m1/s1. The van der Waals surface area contributed by atoms with Gasteiger partial charge in [-0.1, -0.05) is 13.8 Å². The molecule has 2 amide bonds. The first-order valence-corrected chi connectivity index (χ1v) is 5.56. The molecule has 0 saturated carbocycles. The molecule has 0 aliphatic carbocycles. The first kappa shape index (κ1) is 13.9. The highest BCUT2D eigenvalue weighted by molar-refractivity contribution is 5.90. The van der Waals surface area contributed by atoms with Gasteiger partial charge >= 0.3 is 12.0 Å². The summed E-state index contributed by atoms with van der Waals surface area (Å²) in [6, 6.07) is 0.0602. The molecule has 1 heterocycles. The fraction of sp³-hybridized carbons (Fsp3) is 0.455. The lowest BCUT2D eigenvalue weighted by Gasteiger charge is -2.16. The van der Waals surface area contributed by atoms with Crippen LogP contribution in [0.4, 0.5) is 10.7 Å².